The van der Waals surface area contributed by atoms with Gasteiger partial charge >= 0.3 is 0 Å². The Hall–Kier alpha value is -2.05. The number of likely N-dealkylation sites (N-methyl/N-ethyl adjacent to an activating group) is 1. The van der Waals surface area contributed by atoms with Gasteiger partial charge in [-0.2, -0.15) is 0 Å². The maximum atomic E-state index is 4.86. The van der Waals surface area contributed by atoms with Crippen LogP contribution in [0.2, 0.25) is 0 Å². The van der Waals surface area contributed by atoms with E-state index in [1.807, 2.05) is 13.1 Å². The summed E-state index contributed by atoms with van der Waals surface area (Å²) in [5, 5.41) is 0. The van der Waals surface area contributed by atoms with E-state index in [0.29, 0.717) is 12.1 Å². The van der Waals surface area contributed by atoms with Crippen LogP contribution in [0.4, 0.5) is 5.82 Å². The van der Waals surface area contributed by atoms with E-state index >= 15 is 0 Å². The second-order valence-corrected chi connectivity index (χ2v) is 8.49. The molecule has 2 atom stereocenters. The lowest BCUT2D eigenvalue weighted by molar-refractivity contribution is 0.0263. The molecule has 0 bridgehead atoms. The molecule has 3 aliphatic rings. The minimum atomic E-state index is 0.394. The van der Waals surface area contributed by atoms with Crippen molar-refractivity contribution in [3.05, 3.63) is 47.2 Å². The quantitative estimate of drug-likeness (QED) is 0.819. The standard InChI is InChI=1S/C22H30N6/c1-16-24-18(15-21(25-16)27-13-11-26(2)12-14-27)19-8-10-28(19)20-7-3-5-17-6-4-9-23-22(17)20/h4,6,9,15,19-20H,3,5,7-8,10-14H2,1-2H3/t19-,20-/m1/s1. The van der Waals surface area contributed by atoms with Crippen LogP contribution in [0.15, 0.2) is 24.4 Å². The maximum absolute atomic E-state index is 4.86. The van der Waals surface area contributed by atoms with Crippen molar-refractivity contribution in [3.63, 3.8) is 0 Å². The molecule has 1 aliphatic carbocycles. The van der Waals surface area contributed by atoms with Crippen LogP contribution in [0.5, 0.6) is 0 Å². The highest BCUT2D eigenvalue weighted by atomic mass is 15.3. The smallest absolute Gasteiger partial charge is 0.132 e. The van der Waals surface area contributed by atoms with E-state index < -0.39 is 0 Å². The van der Waals surface area contributed by atoms with Crippen molar-refractivity contribution >= 4 is 5.82 Å². The number of aromatic nitrogens is 3. The fourth-order valence-electron chi connectivity index (χ4n) is 4.95. The Morgan fingerprint density at radius 1 is 1.00 bits per heavy atom. The number of aryl methyl sites for hydroxylation is 2. The second kappa shape index (κ2) is 7.41. The van der Waals surface area contributed by atoms with Gasteiger partial charge in [-0.05, 0) is 51.3 Å². The van der Waals surface area contributed by atoms with E-state index in [4.69, 9.17) is 15.0 Å². The second-order valence-electron chi connectivity index (χ2n) is 8.49. The van der Waals surface area contributed by atoms with Gasteiger partial charge in [-0.1, -0.05) is 6.07 Å². The molecule has 28 heavy (non-hydrogen) atoms. The minimum Gasteiger partial charge on any atom is -0.354 e. The van der Waals surface area contributed by atoms with Crippen LogP contribution in [0.1, 0.15) is 54.1 Å². The van der Waals surface area contributed by atoms with Crippen molar-refractivity contribution in [2.45, 2.75) is 44.7 Å². The summed E-state index contributed by atoms with van der Waals surface area (Å²) in [4.78, 5) is 21.8. The Balaban J connectivity index is 1.40. The highest BCUT2D eigenvalue weighted by molar-refractivity contribution is 5.42. The summed E-state index contributed by atoms with van der Waals surface area (Å²) in [6, 6.07) is 7.41. The fourth-order valence-corrected chi connectivity index (χ4v) is 4.95. The molecule has 2 aliphatic heterocycles. The van der Waals surface area contributed by atoms with Crippen LogP contribution in [-0.4, -0.2) is 64.5 Å². The summed E-state index contributed by atoms with van der Waals surface area (Å²) in [5.74, 6) is 1.99. The zero-order chi connectivity index (χ0) is 19.1. The fraction of sp³-hybridized carbons (Fsp3) is 0.591. The van der Waals surface area contributed by atoms with Crippen LogP contribution in [-0.2, 0) is 6.42 Å². The van der Waals surface area contributed by atoms with Gasteiger partial charge in [-0.25, -0.2) is 9.97 Å². The Labute approximate surface area is 167 Å². The lowest BCUT2D eigenvalue weighted by atomic mass is 9.86. The summed E-state index contributed by atoms with van der Waals surface area (Å²) in [6.07, 6.45) is 6.75. The first kappa shape index (κ1) is 18.0. The van der Waals surface area contributed by atoms with Gasteiger partial charge in [-0.3, -0.25) is 9.88 Å². The summed E-state index contributed by atoms with van der Waals surface area (Å²) in [5.41, 5.74) is 3.92. The van der Waals surface area contributed by atoms with Gasteiger partial charge in [-0.15, -0.1) is 0 Å². The van der Waals surface area contributed by atoms with Crippen LogP contribution in [0.3, 0.4) is 0 Å². The molecule has 0 aromatic carbocycles. The lowest BCUT2D eigenvalue weighted by Gasteiger charge is -2.47. The first-order valence-electron chi connectivity index (χ1n) is 10.7. The zero-order valence-corrected chi connectivity index (χ0v) is 17.0. The normalized spacial score (nSPS) is 26.0. The highest BCUT2D eigenvalue weighted by Gasteiger charge is 2.39. The molecule has 6 heteroatoms. The molecule has 0 radical (unpaired) electrons. The molecule has 0 unspecified atom stereocenters. The van der Waals surface area contributed by atoms with Gasteiger partial charge in [0, 0.05) is 45.0 Å². The molecule has 2 aromatic heterocycles. The summed E-state index contributed by atoms with van der Waals surface area (Å²) >= 11 is 0. The number of piperazine rings is 1. The first-order chi connectivity index (χ1) is 13.7. The molecule has 2 saturated heterocycles. The zero-order valence-electron chi connectivity index (χ0n) is 17.0. The van der Waals surface area contributed by atoms with Gasteiger partial charge in [0.25, 0.3) is 0 Å². The molecule has 2 aromatic rings. The van der Waals surface area contributed by atoms with E-state index in [1.165, 1.54) is 42.6 Å². The monoisotopic (exact) mass is 378 g/mol. The SMILES string of the molecule is Cc1nc([C@H]2CCN2[C@@H]2CCCc3cccnc32)cc(N2CCN(C)CC2)n1. The van der Waals surface area contributed by atoms with E-state index in [2.05, 4.69) is 39.9 Å². The van der Waals surface area contributed by atoms with Crippen molar-refractivity contribution in [3.8, 4) is 0 Å². The van der Waals surface area contributed by atoms with E-state index in [0.717, 1.165) is 44.4 Å². The molecule has 148 valence electrons. The van der Waals surface area contributed by atoms with Crippen molar-refractivity contribution in [2.24, 2.45) is 0 Å². The van der Waals surface area contributed by atoms with Crippen LogP contribution >= 0.6 is 0 Å². The van der Waals surface area contributed by atoms with E-state index in [1.54, 1.807) is 0 Å². The number of hydrogen-bond donors (Lipinski definition) is 0. The minimum absolute atomic E-state index is 0.394. The molecule has 4 heterocycles. The molecule has 5 rings (SSSR count). The van der Waals surface area contributed by atoms with Crippen molar-refractivity contribution < 1.29 is 0 Å². The molecule has 0 N–H and O–H groups in total. The third-order valence-corrected chi connectivity index (χ3v) is 6.64. The number of anilines is 1. The third kappa shape index (κ3) is 3.29. The average molecular weight is 379 g/mol. The van der Waals surface area contributed by atoms with Crippen LogP contribution in [0, 0.1) is 6.92 Å². The Morgan fingerprint density at radius 3 is 2.64 bits per heavy atom. The Morgan fingerprint density at radius 2 is 1.86 bits per heavy atom. The first-order valence-corrected chi connectivity index (χ1v) is 10.7. The average Bonchev–Trinajstić information content (AvgIpc) is 2.67. The molecule has 0 saturated carbocycles. The third-order valence-electron chi connectivity index (χ3n) is 6.64. The van der Waals surface area contributed by atoms with Crippen molar-refractivity contribution in [1.29, 1.82) is 0 Å². The number of fused-ring (bicyclic) bond motifs is 1. The van der Waals surface area contributed by atoms with Gasteiger partial charge in [0.05, 0.1) is 23.5 Å². The number of pyridine rings is 1. The van der Waals surface area contributed by atoms with Gasteiger partial charge in [0.1, 0.15) is 11.6 Å². The predicted molar refractivity (Wildman–Crippen MR) is 110 cm³/mol. The van der Waals surface area contributed by atoms with Gasteiger partial charge in [0.2, 0.25) is 0 Å². The summed E-state index contributed by atoms with van der Waals surface area (Å²) < 4.78 is 0. The molecule has 2 fully saturated rings. The van der Waals surface area contributed by atoms with Crippen molar-refractivity contribution in [1.82, 2.24) is 24.8 Å². The largest absolute Gasteiger partial charge is 0.354 e. The van der Waals surface area contributed by atoms with Crippen molar-refractivity contribution in [2.75, 3.05) is 44.7 Å². The number of hydrogen-bond acceptors (Lipinski definition) is 6. The van der Waals surface area contributed by atoms with Gasteiger partial charge < -0.3 is 9.80 Å². The summed E-state index contributed by atoms with van der Waals surface area (Å²) in [6.45, 7) is 7.44. The molecule has 6 nitrogen and oxygen atoms in total. The number of rotatable bonds is 3. The molecular weight excluding hydrogens is 348 g/mol. The Kier molecular flexibility index (Phi) is 4.77. The van der Waals surface area contributed by atoms with E-state index in [9.17, 15) is 0 Å². The summed E-state index contributed by atoms with van der Waals surface area (Å²) in [7, 11) is 2.19. The van der Waals surface area contributed by atoms with Crippen LogP contribution < -0.4 is 4.90 Å². The maximum Gasteiger partial charge on any atom is 0.132 e. The number of likely N-dealkylation sites (tertiary alicyclic amines) is 1. The Bertz CT molecular complexity index is 845. The highest BCUT2D eigenvalue weighted by Crippen LogP contribution is 2.44. The topological polar surface area (TPSA) is 48.4 Å². The predicted octanol–water partition coefficient (Wildman–Crippen LogP) is 2.76. The number of nitrogens with zero attached hydrogens (tertiary/aromatic N) is 6. The van der Waals surface area contributed by atoms with E-state index in [-0.39, 0.29) is 0 Å². The molecule has 0 spiro atoms. The van der Waals surface area contributed by atoms with Gasteiger partial charge in [0.15, 0.2) is 0 Å². The van der Waals surface area contributed by atoms with Crippen LogP contribution in [0.25, 0.3) is 0 Å². The molecular formula is C22H30N6. The molecule has 0 amide bonds. The lowest BCUT2D eigenvalue weighted by Crippen LogP contribution is -2.46.